The summed E-state index contributed by atoms with van der Waals surface area (Å²) in [6, 6.07) is 10.5. The van der Waals surface area contributed by atoms with Crippen molar-refractivity contribution in [3.63, 3.8) is 0 Å². The Morgan fingerprint density at radius 3 is 2.74 bits per heavy atom. The van der Waals surface area contributed by atoms with Crippen molar-refractivity contribution in [2.45, 2.75) is 19.3 Å². The van der Waals surface area contributed by atoms with Crippen LogP contribution in [0.4, 0.5) is 10.4 Å². The van der Waals surface area contributed by atoms with Crippen molar-refractivity contribution < 1.29 is 8.81 Å². The van der Waals surface area contributed by atoms with Gasteiger partial charge < -0.3 is 13.9 Å². The van der Waals surface area contributed by atoms with Crippen molar-refractivity contribution in [1.82, 2.24) is 14.8 Å². The standard InChI is InChI=1S/C20H21FN4O2/c1-24-13-16(5-6-18(24)26)19-22-23-20(27-19)25-9-7-14(8-10-25)11-15-3-2-4-17(21)12-15/h2-6,12-14H,7-11H2,1H3. The van der Waals surface area contributed by atoms with E-state index in [1.54, 1.807) is 31.4 Å². The smallest absolute Gasteiger partial charge is 0.318 e. The van der Waals surface area contributed by atoms with Gasteiger partial charge in [-0.1, -0.05) is 17.2 Å². The number of aryl methyl sites for hydroxylation is 1. The second-order valence-corrected chi connectivity index (χ2v) is 7.02. The number of rotatable bonds is 4. The zero-order valence-electron chi connectivity index (χ0n) is 15.1. The van der Waals surface area contributed by atoms with Gasteiger partial charge in [0.25, 0.3) is 5.89 Å². The summed E-state index contributed by atoms with van der Waals surface area (Å²) in [7, 11) is 1.69. The Morgan fingerprint density at radius 1 is 1.19 bits per heavy atom. The molecule has 0 saturated carbocycles. The molecule has 0 radical (unpaired) electrons. The lowest BCUT2D eigenvalue weighted by molar-refractivity contribution is 0.386. The summed E-state index contributed by atoms with van der Waals surface area (Å²) in [5.74, 6) is 0.748. The highest BCUT2D eigenvalue weighted by Crippen LogP contribution is 2.27. The Bertz CT molecular complexity index is 989. The molecule has 3 heterocycles. The second kappa shape index (κ2) is 7.34. The molecule has 1 aromatic carbocycles. The van der Waals surface area contributed by atoms with Crippen molar-refractivity contribution >= 4 is 6.01 Å². The topological polar surface area (TPSA) is 64.2 Å². The maximum Gasteiger partial charge on any atom is 0.318 e. The maximum absolute atomic E-state index is 13.3. The molecular weight excluding hydrogens is 347 g/mol. The summed E-state index contributed by atoms with van der Waals surface area (Å²) in [4.78, 5) is 13.6. The number of pyridine rings is 1. The van der Waals surface area contributed by atoms with Crippen LogP contribution >= 0.6 is 0 Å². The minimum absolute atomic E-state index is 0.0844. The monoisotopic (exact) mass is 368 g/mol. The molecule has 0 amide bonds. The molecule has 1 saturated heterocycles. The highest BCUT2D eigenvalue weighted by atomic mass is 19.1. The first-order valence-corrected chi connectivity index (χ1v) is 9.08. The van der Waals surface area contributed by atoms with E-state index in [9.17, 15) is 9.18 Å². The second-order valence-electron chi connectivity index (χ2n) is 7.02. The van der Waals surface area contributed by atoms with E-state index >= 15 is 0 Å². The average Bonchev–Trinajstić information content (AvgIpc) is 3.15. The molecule has 1 aliphatic heterocycles. The SMILES string of the molecule is Cn1cc(-c2nnc(N3CCC(Cc4cccc(F)c4)CC3)o2)ccc1=O. The first-order chi connectivity index (χ1) is 13.1. The van der Waals surface area contributed by atoms with Gasteiger partial charge >= 0.3 is 6.01 Å². The molecule has 0 atom stereocenters. The third kappa shape index (κ3) is 3.92. The molecule has 0 aliphatic carbocycles. The molecule has 140 valence electrons. The van der Waals surface area contributed by atoms with Gasteiger partial charge in [-0.3, -0.25) is 4.79 Å². The predicted molar refractivity (Wildman–Crippen MR) is 100 cm³/mol. The molecular formula is C20H21FN4O2. The zero-order valence-corrected chi connectivity index (χ0v) is 15.1. The van der Waals surface area contributed by atoms with Gasteiger partial charge in [0.05, 0.1) is 5.56 Å². The highest BCUT2D eigenvalue weighted by molar-refractivity contribution is 5.51. The lowest BCUT2D eigenvalue weighted by Crippen LogP contribution is -2.34. The van der Waals surface area contributed by atoms with E-state index in [4.69, 9.17) is 4.42 Å². The van der Waals surface area contributed by atoms with Crippen molar-refractivity contribution in [1.29, 1.82) is 0 Å². The number of benzene rings is 1. The molecule has 3 aromatic rings. The number of hydrogen-bond acceptors (Lipinski definition) is 5. The van der Waals surface area contributed by atoms with Crippen LogP contribution in [0.2, 0.25) is 0 Å². The molecule has 0 N–H and O–H groups in total. The van der Waals surface area contributed by atoms with Gasteiger partial charge in [-0.15, -0.1) is 5.10 Å². The Balaban J connectivity index is 1.39. The molecule has 2 aromatic heterocycles. The van der Waals surface area contributed by atoms with Gasteiger partial charge in [-0.2, -0.15) is 0 Å². The van der Waals surface area contributed by atoms with Gasteiger partial charge in [-0.05, 0) is 48.9 Å². The fourth-order valence-corrected chi connectivity index (χ4v) is 3.51. The summed E-state index contributed by atoms with van der Waals surface area (Å²) in [6.07, 6.45) is 4.56. The van der Waals surface area contributed by atoms with E-state index in [0.717, 1.165) is 43.5 Å². The largest absolute Gasteiger partial charge is 0.403 e. The fourth-order valence-electron chi connectivity index (χ4n) is 3.51. The van der Waals surface area contributed by atoms with Crippen LogP contribution in [0.5, 0.6) is 0 Å². The molecule has 4 rings (SSSR count). The summed E-state index contributed by atoms with van der Waals surface area (Å²) in [6.45, 7) is 1.66. The Kier molecular flexibility index (Phi) is 4.75. The van der Waals surface area contributed by atoms with E-state index in [1.807, 2.05) is 6.07 Å². The van der Waals surface area contributed by atoms with E-state index in [1.165, 1.54) is 16.7 Å². The lowest BCUT2D eigenvalue weighted by Gasteiger charge is -2.30. The summed E-state index contributed by atoms with van der Waals surface area (Å²) < 4.78 is 20.6. The third-order valence-corrected chi connectivity index (χ3v) is 5.05. The molecule has 6 nitrogen and oxygen atoms in total. The van der Waals surface area contributed by atoms with Gasteiger partial charge in [0.2, 0.25) is 5.56 Å². The number of aromatic nitrogens is 3. The van der Waals surface area contributed by atoms with Gasteiger partial charge in [0, 0.05) is 32.4 Å². The summed E-state index contributed by atoms with van der Waals surface area (Å²) in [5.41, 5.74) is 1.68. The van der Waals surface area contributed by atoms with Crippen LogP contribution in [0.25, 0.3) is 11.5 Å². The van der Waals surface area contributed by atoms with Crippen LogP contribution in [0, 0.1) is 11.7 Å². The highest BCUT2D eigenvalue weighted by Gasteiger charge is 2.23. The first-order valence-electron chi connectivity index (χ1n) is 9.08. The Morgan fingerprint density at radius 2 is 2.00 bits per heavy atom. The normalized spacial score (nSPS) is 15.3. The van der Waals surface area contributed by atoms with Crippen LogP contribution in [0.3, 0.4) is 0 Å². The first kappa shape index (κ1) is 17.5. The molecule has 7 heteroatoms. The van der Waals surface area contributed by atoms with E-state index in [2.05, 4.69) is 15.1 Å². The lowest BCUT2D eigenvalue weighted by atomic mass is 9.90. The average molecular weight is 368 g/mol. The van der Waals surface area contributed by atoms with Crippen molar-refractivity contribution in [2.75, 3.05) is 18.0 Å². The van der Waals surface area contributed by atoms with Gasteiger partial charge in [-0.25, -0.2) is 4.39 Å². The van der Waals surface area contributed by atoms with Crippen LogP contribution in [-0.4, -0.2) is 27.9 Å². The number of nitrogens with zero attached hydrogens (tertiary/aromatic N) is 4. The quantitative estimate of drug-likeness (QED) is 0.708. The number of hydrogen-bond donors (Lipinski definition) is 0. The molecule has 0 unspecified atom stereocenters. The molecule has 0 spiro atoms. The Labute approximate surface area is 156 Å². The fraction of sp³-hybridized carbons (Fsp3) is 0.350. The molecule has 27 heavy (non-hydrogen) atoms. The zero-order chi connectivity index (χ0) is 18.8. The third-order valence-electron chi connectivity index (χ3n) is 5.05. The van der Waals surface area contributed by atoms with Crippen molar-refractivity contribution in [2.24, 2.45) is 13.0 Å². The van der Waals surface area contributed by atoms with Crippen molar-refractivity contribution in [3.05, 3.63) is 64.3 Å². The van der Waals surface area contributed by atoms with E-state index < -0.39 is 0 Å². The number of anilines is 1. The van der Waals surface area contributed by atoms with E-state index in [0.29, 0.717) is 17.8 Å². The summed E-state index contributed by atoms with van der Waals surface area (Å²) in [5, 5.41) is 8.27. The number of halogens is 1. The summed E-state index contributed by atoms with van der Waals surface area (Å²) >= 11 is 0. The van der Waals surface area contributed by atoms with Crippen LogP contribution in [0.15, 0.2) is 51.8 Å². The Hall–Kier alpha value is -2.96. The molecule has 1 aliphatic rings. The minimum Gasteiger partial charge on any atom is -0.403 e. The maximum atomic E-state index is 13.3. The predicted octanol–water partition coefficient (Wildman–Crippen LogP) is 3.03. The number of piperidine rings is 1. The minimum atomic E-state index is -0.179. The van der Waals surface area contributed by atoms with Crippen LogP contribution < -0.4 is 10.5 Å². The van der Waals surface area contributed by atoms with E-state index in [-0.39, 0.29) is 11.4 Å². The molecule has 0 bridgehead atoms. The van der Waals surface area contributed by atoms with Gasteiger partial charge in [0.1, 0.15) is 5.82 Å². The van der Waals surface area contributed by atoms with Gasteiger partial charge in [0.15, 0.2) is 0 Å². The molecule has 1 fully saturated rings. The van der Waals surface area contributed by atoms with Crippen LogP contribution in [0.1, 0.15) is 18.4 Å². The van der Waals surface area contributed by atoms with Crippen molar-refractivity contribution in [3.8, 4) is 11.5 Å². The van der Waals surface area contributed by atoms with Crippen LogP contribution in [-0.2, 0) is 13.5 Å².